The van der Waals surface area contributed by atoms with Gasteiger partial charge < -0.3 is 20.4 Å². The zero-order valence-corrected chi connectivity index (χ0v) is 14.0. The van der Waals surface area contributed by atoms with Crippen molar-refractivity contribution in [2.24, 2.45) is 0 Å². The lowest BCUT2D eigenvalue weighted by atomic mass is 10.2. The van der Waals surface area contributed by atoms with Gasteiger partial charge in [-0.15, -0.1) is 0 Å². The topological polar surface area (TPSA) is 98.6 Å². The van der Waals surface area contributed by atoms with Crippen LogP contribution in [0, 0.1) is 0 Å². The SMILES string of the molecule is O=C(O)c1ccc(O)c(Nc2nc3ccccc3nc2N2CCCC2)c1. The van der Waals surface area contributed by atoms with Crippen molar-refractivity contribution in [1.82, 2.24) is 9.97 Å². The predicted octanol–water partition coefficient (Wildman–Crippen LogP) is 3.38. The molecule has 7 heteroatoms. The number of anilines is 3. The number of nitrogens with one attached hydrogen (secondary N) is 1. The molecular formula is C19H18N4O3. The molecule has 1 saturated heterocycles. The van der Waals surface area contributed by atoms with E-state index in [-0.39, 0.29) is 17.0 Å². The number of phenols is 1. The highest BCUT2D eigenvalue weighted by molar-refractivity contribution is 5.90. The monoisotopic (exact) mass is 350 g/mol. The molecule has 4 rings (SSSR count). The van der Waals surface area contributed by atoms with E-state index in [2.05, 4.69) is 15.2 Å². The van der Waals surface area contributed by atoms with Crippen LogP contribution in [-0.2, 0) is 0 Å². The van der Waals surface area contributed by atoms with Gasteiger partial charge in [0.15, 0.2) is 11.6 Å². The number of para-hydroxylation sites is 2. The molecule has 132 valence electrons. The number of hydrogen-bond donors (Lipinski definition) is 3. The lowest BCUT2D eigenvalue weighted by Crippen LogP contribution is -2.21. The molecule has 0 radical (unpaired) electrons. The fraction of sp³-hybridized carbons (Fsp3) is 0.211. The van der Waals surface area contributed by atoms with Crippen molar-refractivity contribution < 1.29 is 15.0 Å². The van der Waals surface area contributed by atoms with Gasteiger partial charge in [-0.3, -0.25) is 0 Å². The van der Waals surface area contributed by atoms with E-state index in [9.17, 15) is 15.0 Å². The van der Waals surface area contributed by atoms with Gasteiger partial charge in [0.25, 0.3) is 0 Å². The minimum atomic E-state index is -1.06. The summed E-state index contributed by atoms with van der Waals surface area (Å²) in [6.45, 7) is 1.78. The summed E-state index contributed by atoms with van der Waals surface area (Å²) in [5, 5.41) is 22.4. The summed E-state index contributed by atoms with van der Waals surface area (Å²) in [5.41, 5.74) is 1.90. The van der Waals surface area contributed by atoms with Crippen molar-refractivity contribution in [2.45, 2.75) is 12.8 Å². The highest BCUT2D eigenvalue weighted by Crippen LogP contribution is 2.33. The van der Waals surface area contributed by atoms with Crippen molar-refractivity contribution in [3.63, 3.8) is 0 Å². The van der Waals surface area contributed by atoms with Crippen LogP contribution in [0.15, 0.2) is 42.5 Å². The number of aromatic nitrogens is 2. The number of carboxylic acids is 1. The number of benzene rings is 2. The highest BCUT2D eigenvalue weighted by atomic mass is 16.4. The number of aromatic carboxylic acids is 1. The molecule has 3 N–H and O–H groups in total. The number of aromatic hydroxyl groups is 1. The number of carboxylic acid groups (broad SMARTS) is 1. The summed E-state index contributed by atoms with van der Waals surface area (Å²) in [4.78, 5) is 22.8. The van der Waals surface area contributed by atoms with Crippen LogP contribution in [-0.4, -0.2) is 39.2 Å². The summed E-state index contributed by atoms with van der Waals surface area (Å²) in [6.07, 6.45) is 2.18. The van der Waals surface area contributed by atoms with E-state index in [0.717, 1.165) is 37.0 Å². The van der Waals surface area contributed by atoms with Crippen molar-refractivity contribution in [3.05, 3.63) is 48.0 Å². The molecule has 0 saturated carbocycles. The maximum Gasteiger partial charge on any atom is 0.335 e. The summed E-state index contributed by atoms with van der Waals surface area (Å²) < 4.78 is 0. The molecule has 0 spiro atoms. The first-order chi connectivity index (χ1) is 12.6. The molecule has 1 aromatic heterocycles. The Labute approximate surface area is 149 Å². The van der Waals surface area contributed by atoms with Crippen LogP contribution in [0.5, 0.6) is 5.75 Å². The van der Waals surface area contributed by atoms with E-state index in [1.165, 1.54) is 18.2 Å². The molecule has 2 heterocycles. The minimum absolute atomic E-state index is 0.0441. The average molecular weight is 350 g/mol. The molecule has 0 bridgehead atoms. The van der Waals surface area contributed by atoms with E-state index < -0.39 is 5.97 Å². The first-order valence-electron chi connectivity index (χ1n) is 8.47. The van der Waals surface area contributed by atoms with Crippen molar-refractivity contribution in [1.29, 1.82) is 0 Å². The van der Waals surface area contributed by atoms with Gasteiger partial charge in [0.1, 0.15) is 5.75 Å². The second-order valence-electron chi connectivity index (χ2n) is 6.24. The normalized spacial score (nSPS) is 13.9. The molecule has 0 unspecified atom stereocenters. The van der Waals surface area contributed by atoms with Gasteiger partial charge in [-0.2, -0.15) is 0 Å². The zero-order chi connectivity index (χ0) is 18.1. The van der Waals surface area contributed by atoms with Gasteiger partial charge in [-0.05, 0) is 43.2 Å². The fourth-order valence-corrected chi connectivity index (χ4v) is 3.12. The Morgan fingerprint density at radius 3 is 2.42 bits per heavy atom. The molecule has 7 nitrogen and oxygen atoms in total. The van der Waals surface area contributed by atoms with Crippen LogP contribution in [0.1, 0.15) is 23.2 Å². The van der Waals surface area contributed by atoms with Crippen molar-refractivity contribution in [3.8, 4) is 5.75 Å². The van der Waals surface area contributed by atoms with E-state index in [4.69, 9.17) is 4.98 Å². The fourth-order valence-electron chi connectivity index (χ4n) is 3.12. The maximum absolute atomic E-state index is 11.2. The third-order valence-corrected chi connectivity index (χ3v) is 4.45. The highest BCUT2D eigenvalue weighted by Gasteiger charge is 2.20. The number of hydrogen-bond acceptors (Lipinski definition) is 6. The summed E-state index contributed by atoms with van der Waals surface area (Å²) in [5.74, 6) is 0.111. The number of rotatable bonds is 4. The lowest BCUT2D eigenvalue weighted by molar-refractivity contribution is 0.0697. The van der Waals surface area contributed by atoms with Gasteiger partial charge in [-0.1, -0.05) is 12.1 Å². The molecule has 3 aromatic rings. The molecule has 0 aliphatic carbocycles. The van der Waals surface area contributed by atoms with Gasteiger partial charge in [0.2, 0.25) is 0 Å². The lowest BCUT2D eigenvalue weighted by Gasteiger charge is -2.21. The Balaban J connectivity index is 1.81. The quantitative estimate of drug-likeness (QED) is 0.620. The molecule has 1 aliphatic heterocycles. The number of phenolic OH excluding ortho intramolecular Hbond substituents is 1. The molecule has 1 aliphatic rings. The number of nitrogens with zero attached hydrogens (tertiary/aromatic N) is 3. The maximum atomic E-state index is 11.2. The van der Waals surface area contributed by atoms with Crippen LogP contribution in [0.4, 0.5) is 17.3 Å². The Morgan fingerprint density at radius 2 is 1.73 bits per heavy atom. The van der Waals surface area contributed by atoms with Crippen molar-refractivity contribution >= 4 is 34.3 Å². The Hall–Kier alpha value is -3.35. The van der Waals surface area contributed by atoms with Gasteiger partial charge in [0, 0.05) is 13.1 Å². The molecular weight excluding hydrogens is 332 g/mol. The second kappa shape index (κ2) is 6.51. The molecule has 2 aromatic carbocycles. The first kappa shape index (κ1) is 16.1. The van der Waals surface area contributed by atoms with E-state index in [1.54, 1.807) is 0 Å². The molecule has 0 amide bonds. The molecule has 1 fully saturated rings. The minimum Gasteiger partial charge on any atom is -0.506 e. The van der Waals surface area contributed by atoms with Crippen LogP contribution in [0.2, 0.25) is 0 Å². The van der Waals surface area contributed by atoms with Gasteiger partial charge in [0.05, 0.1) is 22.3 Å². The van der Waals surface area contributed by atoms with Gasteiger partial charge in [-0.25, -0.2) is 14.8 Å². The standard InChI is InChI=1S/C19H18N4O3/c24-16-8-7-12(19(25)26)11-15(16)21-17-18(23-9-3-4-10-23)22-14-6-2-1-5-13(14)20-17/h1-2,5-8,11,24H,3-4,9-10H2,(H,20,21)(H,25,26). The largest absolute Gasteiger partial charge is 0.506 e. The Kier molecular flexibility index (Phi) is 4.04. The average Bonchev–Trinajstić information content (AvgIpc) is 3.17. The number of fused-ring (bicyclic) bond motifs is 1. The molecule has 26 heavy (non-hydrogen) atoms. The van der Waals surface area contributed by atoms with Gasteiger partial charge >= 0.3 is 5.97 Å². The van der Waals surface area contributed by atoms with E-state index in [1.807, 2.05) is 24.3 Å². The molecule has 0 atom stereocenters. The van der Waals surface area contributed by atoms with Crippen LogP contribution < -0.4 is 10.2 Å². The Bertz CT molecular complexity index is 984. The smallest absolute Gasteiger partial charge is 0.335 e. The Morgan fingerprint density at radius 1 is 1.04 bits per heavy atom. The number of carbonyl (C=O) groups is 1. The van der Waals surface area contributed by atoms with Crippen LogP contribution in [0.3, 0.4) is 0 Å². The summed E-state index contributed by atoms with van der Waals surface area (Å²) in [7, 11) is 0. The first-order valence-corrected chi connectivity index (χ1v) is 8.47. The van der Waals surface area contributed by atoms with Crippen LogP contribution >= 0.6 is 0 Å². The third kappa shape index (κ3) is 2.99. The van der Waals surface area contributed by atoms with Crippen LogP contribution in [0.25, 0.3) is 11.0 Å². The zero-order valence-electron chi connectivity index (χ0n) is 14.0. The summed E-state index contributed by atoms with van der Waals surface area (Å²) in [6, 6.07) is 11.7. The predicted molar refractivity (Wildman–Crippen MR) is 99.3 cm³/mol. The van der Waals surface area contributed by atoms with E-state index >= 15 is 0 Å². The van der Waals surface area contributed by atoms with E-state index in [0.29, 0.717) is 11.6 Å². The van der Waals surface area contributed by atoms with Crippen molar-refractivity contribution in [2.75, 3.05) is 23.3 Å². The third-order valence-electron chi connectivity index (χ3n) is 4.45. The second-order valence-corrected chi connectivity index (χ2v) is 6.24. The summed E-state index contributed by atoms with van der Waals surface area (Å²) >= 11 is 0.